The van der Waals surface area contributed by atoms with Crippen LogP contribution >= 0.6 is 0 Å². The van der Waals surface area contributed by atoms with Crippen molar-refractivity contribution in [3.05, 3.63) is 65.7 Å². The minimum Gasteiger partial charge on any atom is -0.207 e. The molecule has 19 heavy (non-hydrogen) atoms. The molecule has 1 aliphatic heterocycles. The fourth-order valence-electron chi connectivity index (χ4n) is 2.18. The fraction of sp³-hybridized carbons (Fsp3) is 0.200. The van der Waals surface area contributed by atoms with Crippen molar-refractivity contribution in [2.24, 2.45) is 0 Å². The molecular weight excluding hydrogens is 258 g/mol. The van der Waals surface area contributed by atoms with Crippen LogP contribution in [0.4, 0.5) is 0 Å². The summed E-state index contributed by atoms with van der Waals surface area (Å²) in [4.78, 5) is 0.372. The van der Waals surface area contributed by atoms with Gasteiger partial charge < -0.3 is 0 Å². The number of rotatable bonds is 3. The van der Waals surface area contributed by atoms with Crippen molar-refractivity contribution >= 4 is 10.0 Å². The Morgan fingerprint density at radius 3 is 2.26 bits per heavy atom. The highest BCUT2D eigenvalue weighted by Crippen LogP contribution is 2.40. The van der Waals surface area contributed by atoms with Gasteiger partial charge in [0.1, 0.15) is 0 Å². The molecule has 0 saturated carbocycles. The molecule has 0 amide bonds. The van der Waals surface area contributed by atoms with E-state index in [-0.39, 0.29) is 6.04 Å². The van der Waals surface area contributed by atoms with Crippen molar-refractivity contribution < 1.29 is 8.42 Å². The summed E-state index contributed by atoms with van der Waals surface area (Å²) < 4.78 is 26.4. The Morgan fingerprint density at radius 2 is 1.63 bits per heavy atom. The third kappa shape index (κ3) is 2.29. The smallest absolute Gasteiger partial charge is 0.207 e. The molecular formula is C15H15NO2S. The fourth-order valence-corrected chi connectivity index (χ4v) is 3.73. The van der Waals surface area contributed by atoms with E-state index in [9.17, 15) is 8.42 Å². The van der Waals surface area contributed by atoms with Gasteiger partial charge in [0.15, 0.2) is 0 Å². The van der Waals surface area contributed by atoms with Gasteiger partial charge in [-0.2, -0.15) is 4.31 Å². The highest BCUT2D eigenvalue weighted by molar-refractivity contribution is 7.89. The summed E-state index contributed by atoms with van der Waals surface area (Å²) in [5, 5.41) is 0. The maximum Gasteiger partial charge on any atom is 0.243 e. The second kappa shape index (κ2) is 4.47. The normalized spacial score (nSPS) is 22.2. The van der Waals surface area contributed by atoms with Crippen molar-refractivity contribution in [3.8, 4) is 0 Å². The Balaban J connectivity index is 1.86. The molecule has 0 aromatic heterocycles. The summed E-state index contributed by atoms with van der Waals surface area (Å²) in [7, 11) is -3.35. The van der Waals surface area contributed by atoms with Gasteiger partial charge in [-0.1, -0.05) is 48.0 Å². The van der Waals surface area contributed by atoms with Crippen LogP contribution in [0.2, 0.25) is 0 Å². The summed E-state index contributed by atoms with van der Waals surface area (Å²) >= 11 is 0. The third-order valence-electron chi connectivity index (χ3n) is 3.38. The van der Waals surface area contributed by atoms with Gasteiger partial charge in [-0.25, -0.2) is 8.42 Å². The molecule has 3 nitrogen and oxygen atoms in total. The quantitative estimate of drug-likeness (QED) is 0.806. The van der Waals surface area contributed by atoms with Crippen LogP contribution in [0.3, 0.4) is 0 Å². The molecule has 98 valence electrons. The molecule has 0 bridgehead atoms. The summed E-state index contributed by atoms with van der Waals surface area (Å²) in [5.41, 5.74) is 2.11. The monoisotopic (exact) mass is 273 g/mol. The van der Waals surface area contributed by atoms with Crippen molar-refractivity contribution in [2.75, 3.05) is 6.54 Å². The standard InChI is InChI=1S/C15H15NO2S/c1-12-7-9-14(10-8-12)19(17,18)16-11-15(16)13-5-3-2-4-6-13/h2-10,15H,11H2,1H3/t15-,16?/m1/s1. The molecule has 1 aliphatic rings. The van der Waals surface area contributed by atoms with Crippen molar-refractivity contribution in [2.45, 2.75) is 17.9 Å². The molecule has 4 heteroatoms. The average Bonchev–Trinajstić information content (AvgIpc) is 3.21. The van der Waals surface area contributed by atoms with Crippen LogP contribution in [-0.2, 0) is 10.0 Å². The highest BCUT2D eigenvalue weighted by Gasteiger charge is 2.45. The summed E-state index contributed by atoms with van der Waals surface area (Å²) in [6.45, 7) is 2.51. The van der Waals surface area contributed by atoms with E-state index in [0.717, 1.165) is 11.1 Å². The molecule has 3 rings (SSSR count). The Kier molecular flexibility index (Phi) is 2.92. The Hall–Kier alpha value is -1.65. The zero-order chi connectivity index (χ0) is 13.5. The molecule has 1 saturated heterocycles. The van der Waals surface area contributed by atoms with E-state index in [1.165, 1.54) is 4.31 Å². The van der Waals surface area contributed by atoms with Gasteiger partial charge in [-0.3, -0.25) is 0 Å². The largest absolute Gasteiger partial charge is 0.243 e. The SMILES string of the molecule is Cc1ccc(S(=O)(=O)N2C[C@@H]2c2ccccc2)cc1. The van der Waals surface area contributed by atoms with Gasteiger partial charge >= 0.3 is 0 Å². The summed E-state index contributed by atoms with van der Waals surface area (Å²) in [6, 6.07) is 16.7. The lowest BCUT2D eigenvalue weighted by molar-refractivity contribution is 0.554. The Labute approximate surface area is 113 Å². The lowest BCUT2D eigenvalue weighted by Crippen LogP contribution is -2.12. The second-order valence-electron chi connectivity index (χ2n) is 4.81. The van der Waals surface area contributed by atoms with Gasteiger partial charge in [-0.15, -0.1) is 0 Å². The van der Waals surface area contributed by atoms with Crippen molar-refractivity contribution in [1.82, 2.24) is 4.31 Å². The molecule has 1 fully saturated rings. The maximum atomic E-state index is 12.4. The summed E-state index contributed by atoms with van der Waals surface area (Å²) in [6.07, 6.45) is 0. The minimum atomic E-state index is -3.35. The van der Waals surface area contributed by atoms with Crippen LogP contribution in [0, 0.1) is 6.92 Å². The van der Waals surface area contributed by atoms with E-state index in [4.69, 9.17) is 0 Å². The second-order valence-corrected chi connectivity index (χ2v) is 6.70. The lowest BCUT2D eigenvalue weighted by atomic mass is 10.2. The van der Waals surface area contributed by atoms with E-state index < -0.39 is 10.0 Å². The van der Waals surface area contributed by atoms with Crippen LogP contribution in [0.1, 0.15) is 17.2 Å². The van der Waals surface area contributed by atoms with Crippen molar-refractivity contribution in [1.29, 1.82) is 0 Å². The molecule has 2 aromatic rings. The maximum absolute atomic E-state index is 12.4. The third-order valence-corrected chi connectivity index (χ3v) is 5.27. The van der Waals surface area contributed by atoms with Crippen LogP contribution < -0.4 is 0 Å². The Bertz CT molecular complexity index is 678. The summed E-state index contributed by atoms with van der Waals surface area (Å²) in [5.74, 6) is 0. The molecule has 0 radical (unpaired) electrons. The first-order chi connectivity index (χ1) is 9.09. The van der Waals surface area contributed by atoms with Crippen LogP contribution in [0.5, 0.6) is 0 Å². The van der Waals surface area contributed by atoms with Gasteiger partial charge in [0.2, 0.25) is 10.0 Å². The van der Waals surface area contributed by atoms with E-state index in [0.29, 0.717) is 11.4 Å². The predicted octanol–water partition coefficient (Wildman–Crippen LogP) is 2.74. The zero-order valence-corrected chi connectivity index (χ0v) is 11.5. The van der Waals surface area contributed by atoms with Gasteiger partial charge in [0, 0.05) is 6.54 Å². The van der Waals surface area contributed by atoms with Crippen molar-refractivity contribution in [3.63, 3.8) is 0 Å². The molecule has 2 aromatic carbocycles. The molecule has 2 atom stereocenters. The number of benzene rings is 2. The zero-order valence-electron chi connectivity index (χ0n) is 10.7. The highest BCUT2D eigenvalue weighted by atomic mass is 32.2. The van der Waals surface area contributed by atoms with E-state index in [1.807, 2.05) is 49.4 Å². The molecule has 0 aliphatic carbocycles. The molecule has 1 heterocycles. The van der Waals surface area contributed by atoms with E-state index in [2.05, 4.69) is 0 Å². The number of sulfonamides is 1. The molecule has 0 spiro atoms. The van der Waals surface area contributed by atoms with E-state index in [1.54, 1.807) is 12.1 Å². The lowest BCUT2D eigenvalue weighted by Gasteiger charge is -2.06. The van der Waals surface area contributed by atoms with Crippen LogP contribution in [0.25, 0.3) is 0 Å². The number of hydrogen-bond donors (Lipinski definition) is 0. The first-order valence-electron chi connectivity index (χ1n) is 6.22. The average molecular weight is 273 g/mol. The van der Waals surface area contributed by atoms with E-state index >= 15 is 0 Å². The minimum absolute atomic E-state index is 0.00694. The van der Waals surface area contributed by atoms with Crippen LogP contribution in [0.15, 0.2) is 59.5 Å². The van der Waals surface area contributed by atoms with Gasteiger partial charge in [0.05, 0.1) is 10.9 Å². The predicted molar refractivity (Wildman–Crippen MR) is 74.3 cm³/mol. The number of aryl methyl sites for hydroxylation is 1. The van der Waals surface area contributed by atoms with Crippen LogP contribution in [-0.4, -0.2) is 19.3 Å². The molecule has 1 unspecified atom stereocenters. The topological polar surface area (TPSA) is 37.1 Å². The van der Waals surface area contributed by atoms with Gasteiger partial charge in [0.25, 0.3) is 0 Å². The first kappa shape index (κ1) is 12.4. The van der Waals surface area contributed by atoms with Gasteiger partial charge in [-0.05, 0) is 24.6 Å². The number of nitrogens with zero attached hydrogens (tertiary/aromatic N) is 1. The number of hydrogen-bond acceptors (Lipinski definition) is 2. The molecule has 0 N–H and O–H groups in total. The Morgan fingerprint density at radius 1 is 1.00 bits per heavy atom. The first-order valence-corrected chi connectivity index (χ1v) is 7.66.